The fourth-order valence-corrected chi connectivity index (χ4v) is 2.75. The number of hydrogen-bond donors (Lipinski definition) is 2. The van der Waals surface area contributed by atoms with E-state index >= 15 is 0 Å². The van der Waals surface area contributed by atoms with Gasteiger partial charge in [-0.05, 0) is 31.6 Å². The van der Waals surface area contributed by atoms with Crippen molar-refractivity contribution in [1.82, 2.24) is 5.32 Å². The van der Waals surface area contributed by atoms with E-state index in [1.54, 1.807) is 0 Å². The van der Waals surface area contributed by atoms with E-state index in [4.69, 9.17) is 5.11 Å². The highest BCUT2D eigenvalue weighted by atomic mass is 16.3. The Morgan fingerprint density at radius 1 is 1.12 bits per heavy atom. The Balaban J connectivity index is 2.00. The minimum atomic E-state index is 0.381. The first-order valence-electron chi connectivity index (χ1n) is 7.67. The molecule has 1 rings (SSSR count). The van der Waals surface area contributed by atoms with Crippen LogP contribution in [0, 0.1) is 5.92 Å². The highest BCUT2D eigenvalue weighted by molar-refractivity contribution is 4.86. The fraction of sp³-hybridized carbons (Fsp3) is 1.00. The van der Waals surface area contributed by atoms with Gasteiger partial charge in [0.2, 0.25) is 0 Å². The zero-order valence-corrected chi connectivity index (χ0v) is 11.8. The fourth-order valence-electron chi connectivity index (χ4n) is 2.75. The molecular formula is C15H31NO. The van der Waals surface area contributed by atoms with E-state index in [9.17, 15) is 0 Å². The number of aliphatic hydroxyl groups excluding tert-OH is 1. The number of nitrogens with one attached hydrogen (secondary N) is 1. The molecule has 1 unspecified atom stereocenters. The highest BCUT2D eigenvalue weighted by Gasteiger charge is 2.29. The zero-order chi connectivity index (χ0) is 12.5. The van der Waals surface area contributed by atoms with Crippen LogP contribution >= 0.6 is 0 Å². The predicted molar refractivity (Wildman–Crippen MR) is 74.2 cm³/mol. The summed E-state index contributed by atoms with van der Waals surface area (Å²) in [4.78, 5) is 0. The average molecular weight is 241 g/mol. The van der Waals surface area contributed by atoms with Gasteiger partial charge in [-0.25, -0.2) is 0 Å². The van der Waals surface area contributed by atoms with Gasteiger partial charge < -0.3 is 10.4 Å². The largest absolute Gasteiger partial charge is 0.396 e. The molecule has 1 aliphatic carbocycles. The smallest absolute Gasteiger partial charge is 0.0460 e. The molecule has 0 bridgehead atoms. The lowest BCUT2D eigenvalue weighted by atomic mass is 9.80. The molecule has 0 radical (unpaired) electrons. The summed E-state index contributed by atoms with van der Waals surface area (Å²) >= 11 is 0. The number of rotatable bonds is 10. The third kappa shape index (κ3) is 5.87. The van der Waals surface area contributed by atoms with Crippen LogP contribution in [0.5, 0.6) is 0 Å². The van der Waals surface area contributed by atoms with E-state index in [1.807, 2.05) is 0 Å². The van der Waals surface area contributed by atoms with Crippen molar-refractivity contribution in [3.05, 3.63) is 0 Å². The lowest BCUT2D eigenvalue weighted by Crippen LogP contribution is -2.47. The van der Waals surface area contributed by atoms with E-state index in [0.717, 1.165) is 0 Å². The summed E-state index contributed by atoms with van der Waals surface area (Å²) in [5.41, 5.74) is 0. The number of unbranched alkanes of at least 4 members (excludes halogenated alkanes) is 4. The van der Waals surface area contributed by atoms with Crippen molar-refractivity contribution < 1.29 is 5.11 Å². The Bertz CT molecular complexity index is 178. The molecule has 1 aliphatic rings. The molecule has 17 heavy (non-hydrogen) atoms. The minimum Gasteiger partial charge on any atom is -0.396 e. The van der Waals surface area contributed by atoms with Gasteiger partial charge in [0.1, 0.15) is 0 Å². The molecule has 1 saturated carbocycles. The van der Waals surface area contributed by atoms with Gasteiger partial charge in [0.05, 0.1) is 0 Å². The molecule has 0 aliphatic heterocycles. The van der Waals surface area contributed by atoms with E-state index < -0.39 is 0 Å². The van der Waals surface area contributed by atoms with E-state index in [-0.39, 0.29) is 0 Å². The summed E-state index contributed by atoms with van der Waals surface area (Å²) in [6, 6.07) is 1.40. The summed E-state index contributed by atoms with van der Waals surface area (Å²) in [7, 11) is 0. The monoisotopic (exact) mass is 241 g/mol. The first-order valence-corrected chi connectivity index (χ1v) is 7.67. The molecular weight excluding hydrogens is 210 g/mol. The number of aliphatic hydroxyl groups is 1. The van der Waals surface area contributed by atoms with Crippen molar-refractivity contribution in [2.45, 2.75) is 83.7 Å². The molecule has 0 spiro atoms. The van der Waals surface area contributed by atoms with Crippen LogP contribution in [0.2, 0.25) is 0 Å². The second kappa shape index (κ2) is 8.93. The van der Waals surface area contributed by atoms with Crippen LogP contribution in [0.3, 0.4) is 0 Å². The van der Waals surface area contributed by atoms with Crippen molar-refractivity contribution in [1.29, 1.82) is 0 Å². The van der Waals surface area contributed by atoms with Gasteiger partial charge in [-0.2, -0.15) is 0 Å². The molecule has 2 heteroatoms. The molecule has 1 atom stereocenters. The molecule has 1 fully saturated rings. The molecule has 102 valence electrons. The number of hydrogen-bond acceptors (Lipinski definition) is 2. The van der Waals surface area contributed by atoms with Crippen LogP contribution in [-0.2, 0) is 0 Å². The SMILES string of the molecule is CCCCCCCC(CC)N[C@H]1C[C@H](CO)C1. The van der Waals surface area contributed by atoms with Gasteiger partial charge in [-0.1, -0.05) is 46.0 Å². The Labute approximate surface area is 107 Å². The molecule has 0 amide bonds. The quantitative estimate of drug-likeness (QED) is 0.574. The molecule has 2 nitrogen and oxygen atoms in total. The van der Waals surface area contributed by atoms with Gasteiger partial charge in [0.15, 0.2) is 0 Å². The topological polar surface area (TPSA) is 32.3 Å². The van der Waals surface area contributed by atoms with Crippen LogP contribution in [0.4, 0.5) is 0 Å². The Hall–Kier alpha value is -0.0800. The van der Waals surface area contributed by atoms with Crippen molar-refractivity contribution in [2.75, 3.05) is 6.61 Å². The van der Waals surface area contributed by atoms with Gasteiger partial charge in [-0.15, -0.1) is 0 Å². The summed E-state index contributed by atoms with van der Waals surface area (Å²) < 4.78 is 0. The normalized spacial score (nSPS) is 25.6. The second-order valence-corrected chi connectivity index (χ2v) is 5.69. The third-order valence-electron chi connectivity index (χ3n) is 4.11. The van der Waals surface area contributed by atoms with Crippen LogP contribution in [0.15, 0.2) is 0 Å². The van der Waals surface area contributed by atoms with Gasteiger partial charge in [-0.3, -0.25) is 0 Å². The van der Waals surface area contributed by atoms with Crippen LogP contribution < -0.4 is 5.32 Å². The van der Waals surface area contributed by atoms with Crippen molar-refractivity contribution in [2.24, 2.45) is 5.92 Å². The maximum Gasteiger partial charge on any atom is 0.0460 e. The van der Waals surface area contributed by atoms with Gasteiger partial charge in [0, 0.05) is 18.7 Å². The summed E-state index contributed by atoms with van der Waals surface area (Å²) in [5.74, 6) is 0.578. The lowest BCUT2D eigenvalue weighted by molar-refractivity contribution is 0.118. The molecule has 0 aromatic rings. The maximum atomic E-state index is 8.99. The molecule has 0 saturated heterocycles. The van der Waals surface area contributed by atoms with Crippen molar-refractivity contribution >= 4 is 0 Å². The summed E-state index contributed by atoms with van der Waals surface area (Å²) in [5, 5.41) is 12.7. The Kier molecular flexibility index (Phi) is 7.87. The molecule has 2 N–H and O–H groups in total. The Morgan fingerprint density at radius 2 is 1.82 bits per heavy atom. The molecule has 0 heterocycles. The van der Waals surface area contributed by atoms with E-state index in [0.29, 0.717) is 24.6 Å². The summed E-state index contributed by atoms with van der Waals surface area (Å²) in [6.45, 7) is 4.93. The van der Waals surface area contributed by atoms with Gasteiger partial charge >= 0.3 is 0 Å². The predicted octanol–water partition coefficient (Wildman–Crippen LogP) is 3.49. The molecule has 0 aromatic carbocycles. The average Bonchev–Trinajstić information content (AvgIpc) is 2.30. The van der Waals surface area contributed by atoms with Crippen LogP contribution in [0.1, 0.15) is 71.6 Å². The van der Waals surface area contributed by atoms with Crippen molar-refractivity contribution in [3.63, 3.8) is 0 Å². The van der Waals surface area contributed by atoms with Crippen LogP contribution in [0.25, 0.3) is 0 Å². The summed E-state index contributed by atoms with van der Waals surface area (Å²) in [6.07, 6.45) is 11.9. The minimum absolute atomic E-state index is 0.381. The van der Waals surface area contributed by atoms with Crippen molar-refractivity contribution in [3.8, 4) is 0 Å². The molecule has 0 aromatic heterocycles. The third-order valence-corrected chi connectivity index (χ3v) is 4.11. The van der Waals surface area contributed by atoms with Gasteiger partial charge in [0.25, 0.3) is 0 Å². The van der Waals surface area contributed by atoms with E-state index in [2.05, 4.69) is 19.2 Å². The first-order chi connectivity index (χ1) is 8.30. The first kappa shape index (κ1) is 15.0. The Morgan fingerprint density at radius 3 is 2.41 bits per heavy atom. The van der Waals surface area contributed by atoms with E-state index in [1.165, 1.54) is 57.8 Å². The maximum absolute atomic E-state index is 8.99. The second-order valence-electron chi connectivity index (χ2n) is 5.69. The lowest BCUT2D eigenvalue weighted by Gasteiger charge is -2.37. The zero-order valence-electron chi connectivity index (χ0n) is 11.8. The van der Waals surface area contributed by atoms with Crippen LogP contribution in [-0.4, -0.2) is 23.8 Å². The standard InChI is InChI=1S/C15H31NO/c1-3-5-6-7-8-9-14(4-2)16-15-10-13(11-15)12-17/h13-17H,3-12H2,1-2H3/t13-,14?,15-. The highest BCUT2D eigenvalue weighted by Crippen LogP contribution is 2.27.